The van der Waals surface area contributed by atoms with Gasteiger partial charge in [0.1, 0.15) is 0 Å². The zero-order valence-electron chi connectivity index (χ0n) is 17.2. The highest BCUT2D eigenvalue weighted by molar-refractivity contribution is 5.95. The van der Waals surface area contributed by atoms with Gasteiger partial charge in [-0.05, 0) is 36.5 Å². The standard InChI is InChI=1S/C27H29NO/c1-21(24-14-8-4-9-15-24)27(29)20-26(19-18-23-12-6-3-7-13-23)28-22(2)25-16-10-5-11-17-25/h3-17,20-22,28H,18-19H2,1-2H3/b26-20-/t21?,22-/m1/s1. The average molecular weight is 384 g/mol. The number of aryl methyl sites for hydroxylation is 1. The summed E-state index contributed by atoms with van der Waals surface area (Å²) in [6.07, 6.45) is 3.50. The van der Waals surface area contributed by atoms with Gasteiger partial charge in [0.25, 0.3) is 0 Å². The molecule has 0 spiro atoms. The molecule has 0 amide bonds. The van der Waals surface area contributed by atoms with Crippen LogP contribution in [0.5, 0.6) is 0 Å². The van der Waals surface area contributed by atoms with Gasteiger partial charge < -0.3 is 5.32 Å². The molecule has 0 aliphatic heterocycles. The number of nitrogens with one attached hydrogen (secondary N) is 1. The summed E-state index contributed by atoms with van der Waals surface area (Å²) < 4.78 is 0. The fourth-order valence-electron chi connectivity index (χ4n) is 3.42. The van der Waals surface area contributed by atoms with Gasteiger partial charge in [-0.3, -0.25) is 4.79 Å². The summed E-state index contributed by atoms with van der Waals surface area (Å²) in [5, 5.41) is 3.58. The minimum Gasteiger partial charge on any atom is -0.382 e. The van der Waals surface area contributed by atoms with E-state index in [1.165, 1.54) is 11.1 Å². The van der Waals surface area contributed by atoms with Crippen LogP contribution in [0.1, 0.15) is 48.9 Å². The third-order valence-electron chi connectivity index (χ3n) is 5.27. The van der Waals surface area contributed by atoms with E-state index >= 15 is 0 Å². The molecule has 0 bridgehead atoms. The van der Waals surface area contributed by atoms with Crippen molar-refractivity contribution in [1.29, 1.82) is 0 Å². The number of carbonyl (C=O) groups excluding carboxylic acids is 1. The maximum absolute atomic E-state index is 13.0. The number of rotatable bonds is 9. The Labute approximate surface area is 174 Å². The quantitative estimate of drug-likeness (QED) is 0.444. The van der Waals surface area contributed by atoms with Crippen LogP contribution in [-0.2, 0) is 11.2 Å². The predicted molar refractivity (Wildman–Crippen MR) is 121 cm³/mol. The van der Waals surface area contributed by atoms with Gasteiger partial charge in [-0.25, -0.2) is 0 Å². The first-order valence-electron chi connectivity index (χ1n) is 10.3. The Morgan fingerprint density at radius 2 is 1.31 bits per heavy atom. The number of carbonyl (C=O) groups is 1. The molecule has 2 nitrogen and oxygen atoms in total. The molecule has 2 heteroatoms. The minimum absolute atomic E-state index is 0.132. The fourth-order valence-corrected chi connectivity index (χ4v) is 3.42. The Morgan fingerprint density at radius 1 is 0.793 bits per heavy atom. The van der Waals surface area contributed by atoms with Crippen molar-refractivity contribution in [3.8, 4) is 0 Å². The van der Waals surface area contributed by atoms with Gasteiger partial charge in [0.2, 0.25) is 0 Å². The van der Waals surface area contributed by atoms with Crippen LogP contribution < -0.4 is 5.32 Å². The molecule has 0 fully saturated rings. The molecule has 0 saturated carbocycles. The Bertz CT molecular complexity index is 917. The maximum atomic E-state index is 13.0. The van der Waals surface area contributed by atoms with Gasteiger partial charge >= 0.3 is 0 Å². The number of hydrogen-bond acceptors (Lipinski definition) is 2. The van der Waals surface area contributed by atoms with Crippen molar-refractivity contribution in [2.45, 2.75) is 38.6 Å². The third kappa shape index (κ3) is 6.18. The second-order valence-electron chi connectivity index (χ2n) is 7.47. The lowest BCUT2D eigenvalue weighted by Crippen LogP contribution is -2.20. The molecule has 3 rings (SSSR count). The molecule has 0 saturated heterocycles. The number of ketones is 1. The smallest absolute Gasteiger partial charge is 0.164 e. The Kier molecular flexibility index (Phi) is 7.40. The molecule has 0 aliphatic carbocycles. The van der Waals surface area contributed by atoms with Crippen molar-refractivity contribution in [2.24, 2.45) is 0 Å². The van der Waals surface area contributed by atoms with E-state index in [1.807, 2.05) is 61.5 Å². The highest BCUT2D eigenvalue weighted by Gasteiger charge is 2.15. The van der Waals surface area contributed by atoms with Gasteiger partial charge in [0.05, 0.1) is 0 Å². The summed E-state index contributed by atoms with van der Waals surface area (Å²) in [5.74, 6) is -0.0243. The molecule has 0 aromatic heterocycles. The third-order valence-corrected chi connectivity index (χ3v) is 5.27. The zero-order chi connectivity index (χ0) is 20.5. The van der Waals surface area contributed by atoms with E-state index in [-0.39, 0.29) is 17.7 Å². The summed E-state index contributed by atoms with van der Waals surface area (Å²) >= 11 is 0. The van der Waals surface area contributed by atoms with Crippen molar-refractivity contribution < 1.29 is 4.79 Å². The van der Waals surface area contributed by atoms with Crippen LogP contribution in [0.3, 0.4) is 0 Å². The van der Waals surface area contributed by atoms with E-state index < -0.39 is 0 Å². The van der Waals surface area contributed by atoms with Crippen LogP contribution in [0.15, 0.2) is 103 Å². The second kappa shape index (κ2) is 10.4. The van der Waals surface area contributed by atoms with Crippen molar-refractivity contribution in [3.05, 3.63) is 119 Å². The van der Waals surface area contributed by atoms with Crippen LogP contribution in [-0.4, -0.2) is 5.78 Å². The molecule has 29 heavy (non-hydrogen) atoms. The van der Waals surface area contributed by atoms with Crippen molar-refractivity contribution >= 4 is 5.78 Å². The summed E-state index contributed by atoms with van der Waals surface area (Å²) in [7, 11) is 0. The van der Waals surface area contributed by atoms with Gasteiger partial charge in [0, 0.05) is 23.7 Å². The molecule has 1 unspecified atom stereocenters. The molecule has 0 heterocycles. The molecule has 0 aliphatic rings. The number of hydrogen-bond donors (Lipinski definition) is 1. The maximum Gasteiger partial charge on any atom is 0.164 e. The second-order valence-corrected chi connectivity index (χ2v) is 7.47. The molecule has 1 N–H and O–H groups in total. The van der Waals surface area contributed by atoms with Crippen molar-refractivity contribution in [1.82, 2.24) is 5.32 Å². The normalized spacial score (nSPS) is 13.5. The lowest BCUT2D eigenvalue weighted by molar-refractivity contribution is -0.115. The van der Waals surface area contributed by atoms with Crippen LogP contribution in [0.4, 0.5) is 0 Å². The monoisotopic (exact) mass is 383 g/mol. The van der Waals surface area contributed by atoms with E-state index in [1.54, 1.807) is 6.08 Å². The van der Waals surface area contributed by atoms with Gasteiger partial charge in [-0.15, -0.1) is 0 Å². The highest BCUT2D eigenvalue weighted by atomic mass is 16.1. The molecule has 2 atom stereocenters. The topological polar surface area (TPSA) is 29.1 Å². The Balaban J connectivity index is 1.77. The lowest BCUT2D eigenvalue weighted by Gasteiger charge is -2.19. The molecule has 148 valence electrons. The van der Waals surface area contributed by atoms with Crippen LogP contribution in [0.25, 0.3) is 0 Å². The summed E-state index contributed by atoms with van der Waals surface area (Å²) in [6.45, 7) is 4.11. The van der Waals surface area contributed by atoms with Crippen LogP contribution >= 0.6 is 0 Å². The SMILES string of the molecule is CC(C(=O)/C=C(/CCc1ccccc1)N[C@H](C)c1ccccc1)c1ccccc1. The molecule has 3 aromatic carbocycles. The van der Waals surface area contributed by atoms with Crippen LogP contribution in [0, 0.1) is 0 Å². The van der Waals surface area contributed by atoms with Gasteiger partial charge in [0.15, 0.2) is 5.78 Å². The van der Waals surface area contributed by atoms with Gasteiger partial charge in [-0.1, -0.05) is 97.9 Å². The first-order valence-corrected chi connectivity index (χ1v) is 10.3. The van der Waals surface area contributed by atoms with Gasteiger partial charge in [-0.2, -0.15) is 0 Å². The Morgan fingerprint density at radius 3 is 1.90 bits per heavy atom. The van der Waals surface area contributed by atoms with Crippen molar-refractivity contribution in [3.63, 3.8) is 0 Å². The number of allylic oxidation sites excluding steroid dienone is 2. The van der Waals surface area contributed by atoms with Crippen molar-refractivity contribution in [2.75, 3.05) is 0 Å². The van der Waals surface area contributed by atoms with E-state index in [2.05, 4.69) is 48.6 Å². The largest absolute Gasteiger partial charge is 0.382 e. The Hall–Kier alpha value is -3.13. The first kappa shape index (κ1) is 20.6. The molecular formula is C27H29NO. The average Bonchev–Trinajstić information content (AvgIpc) is 2.78. The molecule has 0 radical (unpaired) electrons. The van der Waals surface area contributed by atoms with Crippen LogP contribution in [0.2, 0.25) is 0 Å². The first-order chi connectivity index (χ1) is 14.1. The number of benzene rings is 3. The van der Waals surface area contributed by atoms with E-state index in [9.17, 15) is 4.79 Å². The molecular weight excluding hydrogens is 354 g/mol. The van der Waals surface area contributed by atoms with E-state index in [0.29, 0.717) is 0 Å². The highest BCUT2D eigenvalue weighted by Crippen LogP contribution is 2.20. The fraction of sp³-hybridized carbons (Fsp3) is 0.222. The van der Waals surface area contributed by atoms with E-state index in [0.717, 1.165) is 24.1 Å². The summed E-state index contributed by atoms with van der Waals surface area (Å²) in [6, 6.07) is 30.8. The summed E-state index contributed by atoms with van der Waals surface area (Å²) in [4.78, 5) is 13.0. The zero-order valence-corrected chi connectivity index (χ0v) is 17.2. The van der Waals surface area contributed by atoms with E-state index in [4.69, 9.17) is 0 Å². The summed E-state index contributed by atoms with van der Waals surface area (Å²) in [5.41, 5.74) is 4.52. The molecule has 3 aromatic rings. The lowest BCUT2D eigenvalue weighted by atomic mass is 9.95. The minimum atomic E-state index is -0.156. The predicted octanol–water partition coefficient (Wildman–Crippen LogP) is 6.23.